The van der Waals surface area contributed by atoms with Crippen molar-refractivity contribution >= 4 is 45.3 Å². The molecule has 0 radical (unpaired) electrons. The van der Waals surface area contributed by atoms with Crippen LogP contribution in [-0.2, 0) is 14.8 Å². The van der Waals surface area contributed by atoms with Crippen LogP contribution in [0.2, 0.25) is 10.0 Å². The molecule has 2 rings (SSSR count). The lowest BCUT2D eigenvalue weighted by molar-refractivity contribution is -0.123. The number of nitrogens with zero attached hydrogens (tertiary/aromatic N) is 1. The number of hydrazone groups is 1. The van der Waals surface area contributed by atoms with E-state index in [9.17, 15) is 13.2 Å². The van der Waals surface area contributed by atoms with E-state index < -0.39 is 22.0 Å². The molecule has 2 aromatic carbocycles. The zero-order valence-corrected chi connectivity index (χ0v) is 17.9. The van der Waals surface area contributed by atoms with Crippen molar-refractivity contribution in [1.82, 2.24) is 10.1 Å². The quantitative estimate of drug-likeness (QED) is 0.506. The second-order valence-corrected chi connectivity index (χ2v) is 9.11. The number of carbonyl (C=O) groups is 1. The normalized spacial score (nSPS) is 13.1. The SMILES string of the molecule is Cc1ccc(S(=O)(=O)N[C@@H](C(=O)N/N=C\c2ccc(Cl)cc2Cl)C(C)C)cc1. The Hall–Kier alpha value is -1.93. The predicted molar refractivity (Wildman–Crippen MR) is 112 cm³/mol. The Morgan fingerprint density at radius 2 is 1.75 bits per heavy atom. The third kappa shape index (κ3) is 6.04. The Kier molecular flexibility index (Phi) is 7.60. The number of halogens is 2. The number of nitrogens with one attached hydrogen (secondary N) is 2. The number of amides is 1. The summed E-state index contributed by atoms with van der Waals surface area (Å²) in [6, 6.07) is 10.2. The maximum atomic E-state index is 12.6. The van der Waals surface area contributed by atoms with Crippen LogP contribution < -0.4 is 10.1 Å². The molecule has 0 fully saturated rings. The number of hydrogen-bond donors (Lipinski definition) is 2. The fourth-order valence-electron chi connectivity index (χ4n) is 2.29. The Morgan fingerprint density at radius 1 is 1.11 bits per heavy atom. The van der Waals surface area contributed by atoms with Crippen LogP contribution >= 0.6 is 23.2 Å². The Labute approximate surface area is 175 Å². The first-order chi connectivity index (χ1) is 13.1. The van der Waals surface area contributed by atoms with Gasteiger partial charge >= 0.3 is 0 Å². The molecule has 0 bridgehead atoms. The molecular weight excluding hydrogens is 421 g/mol. The molecule has 0 spiro atoms. The highest BCUT2D eigenvalue weighted by Crippen LogP contribution is 2.19. The molecule has 150 valence electrons. The van der Waals surface area contributed by atoms with Crippen LogP contribution in [0.15, 0.2) is 52.5 Å². The fraction of sp³-hybridized carbons (Fsp3) is 0.263. The zero-order chi connectivity index (χ0) is 20.9. The van der Waals surface area contributed by atoms with E-state index in [1.54, 1.807) is 44.2 Å². The standard InChI is InChI=1S/C19H21Cl2N3O3S/c1-12(2)18(24-28(26,27)16-8-4-13(3)5-9-16)19(25)23-22-11-14-6-7-15(20)10-17(14)21/h4-12,18,24H,1-3H3,(H,23,25)/b22-11-/t18-/m1/s1. The second kappa shape index (κ2) is 9.52. The molecule has 2 aromatic rings. The Bertz CT molecular complexity index is 974. The Morgan fingerprint density at radius 3 is 2.32 bits per heavy atom. The molecule has 28 heavy (non-hydrogen) atoms. The van der Waals surface area contributed by atoms with E-state index >= 15 is 0 Å². The molecule has 2 N–H and O–H groups in total. The van der Waals surface area contributed by atoms with Gasteiger partial charge in [-0.15, -0.1) is 0 Å². The van der Waals surface area contributed by atoms with Crippen LogP contribution in [0.25, 0.3) is 0 Å². The van der Waals surface area contributed by atoms with Crippen molar-refractivity contribution in [2.75, 3.05) is 0 Å². The van der Waals surface area contributed by atoms with Crippen molar-refractivity contribution < 1.29 is 13.2 Å². The lowest BCUT2D eigenvalue weighted by Gasteiger charge is -2.20. The molecule has 0 aliphatic rings. The summed E-state index contributed by atoms with van der Waals surface area (Å²) >= 11 is 11.9. The van der Waals surface area contributed by atoms with Gasteiger partial charge in [0.1, 0.15) is 6.04 Å². The van der Waals surface area contributed by atoms with Crippen LogP contribution in [0.4, 0.5) is 0 Å². The number of benzene rings is 2. The molecule has 0 saturated heterocycles. The molecule has 1 atom stereocenters. The summed E-state index contributed by atoms with van der Waals surface area (Å²) in [5.41, 5.74) is 3.85. The topological polar surface area (TPSA) is 87.6 Å². The summed E-state index contributed by atoms with van der Waals surface area (Å²) in [6.07, 6.45) is 1.36. The smallest absolute Gasteiger partial charge is 0.258 e. The molecule has 0 aromatic heterocycles. The number of carbonyl (C=O) groups excluding carboxylic acids is 1. The molecule has 6 nitrogen and oxygen atoms in total. The van der Waals surface area contributed by atoms with Crippen LogP contribution in [0, 0.1) is 12.8 Å². The summed E-state index contributed by atoms with van der Waals surface area (Å²) in [6.45, 7) is 5.34. The first-order valence-electron chi connectivity index (χ1n) is 8.47. The average Bonchev–Trinajstić information content (AvgIpc) is 2.61. The number of sulfonamides is 1. The molecule has 0 unspecified atom stereocenters. The molecule has 1 amide bonds. The number of hydrogen-bond acceptors (Lipinski definition) is 4. The lowest BCUT2D eigenvalue weighted by Crippen LogP contribution is -2.48. The molecular formula is C19H21Cl2N3O3S. The minimum Gasteiger partial charge on any atom is -0.271 e. The highest BCUT2D eigenvalue weighted by molar-refractivity contribution is 7.89. The summed E-state index contributed by atoms with van der Waals surface area (Å²) in [7, 11) is -3.85. The highest BCUT2D eigenvalue weighted by Gasteiger charge is 2.28. The van der Waals surface area contributed by atoms with Crippen molar-refractivity contribution in [2.24, 2.45) is 11.0 Å². The van der Waals surface area contributed by atoms with E-state index in [0.717, 1.165) is 5.56 Å². The van der Waals surface area contributed by atoms with Gasteiger partial charge in [0.2, 0.25) is 10.0 Å². The first-order valence-corrected chi connectivity index (χ1v) is 10.7. The average molecular weight is 442 g/mol. The van der Waals surface area contributed by atoms with Crippen molar-refractivity contribution in [2.45, 2.75) is 31.7 Å². The fourth-order valence-corrected chi connectivity index (χ4v) is 4.09. The molecule has 0 aliphatic carbocycles. The maximum absolute atomic E-state index is 12.6. The van der Waals surface area contributed by atoms with E-state index in [2.05, 4.69) is 15.2 Å². The Balaban J connectivity index is 2.11. The minimum atomic E-state index is -3.85. The highest BCUT2D eigenvalue weighted by atomic mass is 35.5. The van der Waals surface area contributed by atoms with Gasteiger partial charge in [0.25, 0.3) is 5.91 Å². The van der Waals surface area contributed by atoms with Gasteiger partial charge in [-0.25, -0.2) is 13.8 Å². The van der Waals surface area contributed by atoms with Crippen molar-refractivity contribution in [1.29, 1.82) is 0 Å². The maximum Gasteiger partial charge on any atom is 0.258 e. The third-order valence-electron chi connectivity index (χ3n) is 3.90. The first kappa shape index (κ1) is 22.4. The van der Waals surface area contributed by atoms with Gasteiger partial charge in [-0.2, -0.15) is 9.82 Å². The molecule has 9 heteroatoms. The summed E-state index contributed by atoms with van der Waals surface area (Å²) < 4.78 is 27.6. The van der Waals surface area contributed by atoms with Gasteiger partial charge in [0.05, 0.1) is 16.1 Å². The summed E-state index contributed by atoms with van der Waals surface area (Å²) in [5.74, 6) is -0.874. The minimum absolute atomic E-state index is 0.0907. The van der Waals surface area contributed by atoms with E-state index in [-0.39, 0.29) is 10.8 Å². The molecule has 0 aliphatic heterocycles. The second-order valence-electron chi connectivity index (χ2n) is 6.56. The molecule has 0 heterocycles. The van der Waals surface area contributed by atoms with Gasteiger partial charge in [-0.1, -0.05) is 60.8 Å². The van der Waals surface area contributed by atoms with E-state index in [1.807, 2.05) is 6.92 Å². The van der Waals surface area contributed by atoms with E-state index in [4.69, 9.17) is 23.2 Å². The van der Waals surface area contributed by atoms with Crippen LogP contribution in [-0.4, -0.2) is 26.6 Å². The van der Waals surface area contributed by atoms with Gasteiger partial charge in [0.15, 0.2) is 0 Å². The van der Waals surface area contributed by atoms with Crippen LogP contribution in [0.5, 0.6) is 0 Å². The zero-order valence-electron chi connectivity index (χ0n) is 15.6. The summed E-state index contributed by atoms with van der Waals surface area (Å²) in [5, 5.41) is 4.73. The van der Waals surface area contributed by atoms with Crippen LogP contribution in [0.1, 0.15) is 25.0 Å². The van der Waals surface area contributed by atoms with Gasteiger partial charge in [-0.05, 0) is 37.1 Å². The number of rotatable bonds is 7. The van der Waals surface area contributed by atoms with Crippen LogP contribution in [0.3, 0.4) is 0 Å². The van der Waals surface area contributed by atoms with Crippen molar-refractivity contribution in [3.63, 3.8) is 0 Å². The molecule has 0 saturated carbocycles. The van der Waals surface area contributed by atoms with Crippen molar-refractivity contribution in [3.05, 3.63) is 63.6 Å². The van der Waals surface area contributed by atoms with E-state index in [0.29, 0.717) is 15.6 Å². The van der Waals surface area contributed by atoms with Gasteiger partial charge in [-0.3, -0.25) is 4.79 Å². The lowest BCUT2D eigenvalue weighted by atomic mass is 10.1. The van der Waals surface area contributed by atoms with E-state index in [1.165, 1.54) is 18.3 Å². The van der Waals surface area contributed by atoms with Gasteiger partial charge in [0, 0.05) is 10.6 Å². The third-order valence-corrected chi connectivity index (χ3v) is 5.92. The largest absolute Gasteiger partial charge is 0.271 e. The van der Waals surface area contributed by atoms with Gasteiger partial charge < -0.3 is 0 Å². The predicted octanol–water partition coefficient (Wildman–Crippen LogP) is 3.76. The monoisotopic (exact) mass is 441 g/mol. The van der Waals surface area contributed by atoms with Crippen molar-refractivity contribution in [3.8, 4) is 0 Å². The number of aryl methyl sites for hydroxylation is 1. The summed E-state index contributed by atoms with van der Waals surface area (Å²) in [4.78, 5) is 12.6.